The Morgan fingerprint density at radius 1 is 1.43 bits per heavy atom. The highest BCUT2D eigenvalue weighted by Crippen LogP contribution is 2.48. The van der Waals surface area contributed by atoms with Crippen molar-refractivity contribution in [2.75, 3.05) is 19.7 Å². The Labute approximate surface area is 160 Å². The molecule has 12 nitrogen and oxygen atoms in total. The van der Waals surface area contributed by atoms with Crippen LogP contribution in [0.2, 0.25) is 0 Å². The maximum Gasteiger partial charge on any atom is 0.405 e. The largest absolute Gasteiger partial charge is 0.405 e. The number of H-pyrrole nitrogens is 1. The van der Waals surface area contributed by atoms with Gasteiger partial charge in [0.25, 0.3) is 5.56 Å². The average Bonchev–Trinajstić information content (AvgIpc) is 3.07. The molecule has 0 radical (unpaired) electrons. The van der Waals surface area contributed by atoms with E-state index in [0.29, 0.717) is 18.7 Å². The molecule has 2 aliphatic rings. The summed E-state index contributed by atoms with van der Waals surface area (Å²) in [5.41, 5.74) is 7.99. The minimum atomic E-state index is -3.98. The Balaban J connectivity index is 1.73. The summed E-state index contributed by atoms with van der Waals surface area (Å²) in [6, 6.07) is -0.685. The van der Waals surface area contributed by atoms with Gasteiger partial charge in [0.15, 0.2) is 0 Å². The van der Waals surface area contributed by atoms with Gasteiger partial charge < -0.3 is 9.63 Å². The third-order valence-electron chi connectivity index (χ3n) is 4.96. The van der Waals surface area contributed by atoms with Crippen LogP contribution in [0.1, 0.15) is 37.5 Å². The summed E-state index contributed by atoms with van der Waals surface area (Å²) in [6.45, 7) is 2.25. The minimum absolute atomic E-state index is 0.170. The highest BCUT2D eigenvalue weighted by molar-refractivity contribution is 7.50. The van der Waals surface area contributed by atoms with Crippen molar-refractivity contribution in [1.82, 2.24) is 14.2 Å². The summed E-state index contributed by atoms with van der Waals surface area (Å²) in [5, 5.41) is 3.67. The Kier molecular flexibility index (Phi) is 6.39. The molecule has 0 amide bonds. The van der Waals surface area contributed by atoms with E-state index < -0.39 is 37.4 Å². The van der Waals surface area contributed by atoms with Crippen LogP contribution in [0.3, 0.4) is 0 Å². The number of piperidine rings is 1. The minimum Gasteiger partial charge on any atom is -0.352 e. The van der Waals surface area contributed by atoms with Gasteiger partial charge in [-0.05, 0) is 25.3 Å². The van der Waals surface area contributed by atoms with Crippen LogP contribution in [0.5, 0.6) is 0 Å². The topological polar surface area (TPSA) is 163 Å². The lowest BCUT2D eigenvalue weighted by atomic mass is 10.1. The maximum atomic E-state index is 12.5. The second-order valence-corrected chi connectivity index (χ2v) is 8.72. The molecule has 1 unspecified atom stereocenters. The molecule has 0 saturated carbocycles. The third kappa shape index (κ3) is 4.54. The standard InChI is InChI=1S/C15H23N6O6P/c1-10-8-21(15(23)17-14(10)22)13-7-11(18-19-16)12(27-13)9-26-28(24,25)20-5-3-2-4-6-20/h8,11-13H,2-7,9H2,1H3,(H,24,25)(H,17,22,23)/t11-,12+,13+/m0/s1. The van der Waals surface area contributed by atoms with Crippen molar-refractivity contribution < 1.29 is 18.7 Å². The van der Waals surface area contributed by atoms with Gasteiger partial charge in [0.1, 0.15) is 6.23 Å². The molecule has 0 spiro atoms. The average molecular weight is 414 g/mol. The van der Waals surface area contributed by atoms with Gasteiger partial charge >= 0.3 is 13.4 Å². The SMILES string of the molecule is Cc1cn([C@H]2C[C@H](N=[N+]=[N-])[C@@H](COP(=O)(O)N3CCCCC3)O2)c(=O)[nH]c1=O. The first kappa shape index (κ1) is 20.8. The summed E-state index contributed by atoms with van der Waals surface area (Å²) < 4.78 is 26.2. The number of nitrogens with zero attached hydrogens (tertiary/aromatic N) is 5. The summed E-state index contributed by atoms with van der Waals surface area (Å²) in [5.74, 6) is 0. The number of ether oxygens (including phenoxy) is 1. The third-order valence-corrected chi connectivity index (χ3v) is 6.56. The molecule has 2 N–H and O–H groups in total. The van der Waals surface area contributed by atoms with Crippen LogP contribution in [0.4, 0.5) is 0 Å². The van der Waals surface area contributed by atoms with E-state index in [4.69, 9.17) is 14.8 Å². The molecule has 4 atom stereocenters. The molecule has 2 aliphatic heterocycles. The van der Waals surface area contributed by atoms with Gasteiger partial charge in [-0.1, -0.05) is 11.5 Å². The Bertz CT molecular complexity index is 918. The molecule has 2 fully saturated rings. The van der Waals surface area contributed by atoms with Crippen molar-refractivity contribution >= 4 is 7.75 Å². The Hall–Kier alpha value is -1.94. The van der Waals surface area contributed by atoms with Crippen molar-refractivity contribution in [3.05, 3.63) is 43.0 Å². The number of azide groups is 1. The van der Waals surface area contributed by atoms with Gasteiger partial charge in [-0.3, -0.25) is 18.9 Å². The van der Waals surface area contributed by atoms with Gasteiger partial charge in [0, 0.05) is 36.2 Å². The smallest absolute Gasteiger partial charge is 0.352 e. The van der Waals surface area contributed by atoms with Crippen LogP contribution in [0.25, 0.3) is 10.4 Å². The van der Waals surface area contributed by atoms with Gasteiger partial charge in [-0.15, -0.1) is 0 Å². The molecule has 0 aliphatic carbocycles. The van der Waals surface area contributed by atoms with Gasteiger partial charge in [-0.25, -0.2) is 14.0 Å². The number of nitrogens with one attached hydrogen (secondary N) is 1. The number of aromatic amines is 1. The number of hydrogen-bond donors (Lipinski definition) is 2. The van der Waals surface area contributed by atoms with Crippen LogP contribution >= 0.6 is 7.75 Å². The molecule has 13 heteroatoms. The van der Waals surface area contributed by atoms with E-state index in [1.807, 2.05) is 0 Å². The number of rotatable bonds is 6. The fourth-order valence-corrected chi connectivity index (χ4v) is 4.70. The molecule has 0 aromatic carbocycles. The second-order valence-electron chi connectivity index (χ2n) is 6.92. The van der Waals surface area contributed by atoms with Crippen molar-refractivity contribution in [3.63, 3.8) is 0 Å². The molecule has 0 bridgehead atoms. The van der Waals surface area contributed by atoms with E-state index in [1.54, 1.807) is 6.92 Å². The molecule has 3 rings (SSSR count). The molecule has 2 saturated heterocycles. The Morgan fingerprint density at radius 2 is 2.14 bits per heavy atom. The van der Waals surface area contributed by atoms with Crippen LogP contribution in [-0.2, 0) is 13.8 Å². The summed E-state index contributed by atoms with van der Waals surface area (Å²) in [7, 11) is -3.98. The van der Waals surface area contributed by atoms with Crippen LogP contribution in [0, 0.1) is 6.92 Å². The molecular weight excluding hydrogens is 391 g/mol. The highest BCUT2D eigenvalue weighted by atomic mass is 31.2. The molecule has 3 heterocycles. The Morgan fingerprint density at radius 3 is 2.82 bits per heavy atom. The van der Waals surface area contributed by atoms with Gasteiger partial charge in [0.05, 0.1) is 18.8 Å². The normalized spacial score (nSPS) is 27.9. The maximum absolute atomic E-state index is 12.5. The van der Waals surface area contributed by atoms with Crippen molar-refractivity contribution in [2.45, 2.75) is 51.0 Å². The molecule has 1 aromatic heterocycles. The van der Waals surface area contributed by atoms with E-state index in [9.17, 15) is 19.0 Å². The number of aryl methyl sites for hydroxylation is 1. The van der Waals surface area contributed by atoms with Crippen LogP contribution < -0.4 is 11.2 Å². The molecular formula is C15H23N6O6P. The van der Waals surface area contributed by atoms with E-state index >= 15 is 0 Å². The van der Waals surface area contributed by atoms with Gasteiger partial charge in [0.2, 0.25) is 0 Å². The van der Waals surface area contributed by atoms with Crippen LogP contribution in [0.15, 0.2) is 20.9 Å². The lowest BCUT2D eigenvalue weighted by molar-refractivity contribution is -0.0261. The van der Waals surface area contributed by atoms with Crippen molar-refractivity contribution in [1.29, 1.82) is 0 Å². The van der Waals surface area contributed by atoms with E-state index in [0.717, 1.165) is 19.3 Å². The zero-order chi connectivity index (χ0) is 20.3. The highest BCUT2D eigenvalue weighted by Gasteiger charge is 2.39. The van der Waals surface area contributed by atoms with E-state index in [-0.39, 0.29) is 13.0 Å². The number of hydrogen-bond acceptors (Lipinski definition) is 6. The first-order valence-electron chi connectivity index (χ1n) is 9.06. The lowest BCUT2D eigenvalue weighted by Gasteiger charge is -2.30. The summed E-state index contributed by atoms with van der Waals surface area (Å²) >= 11 is 0. The molecule has 154 valence electrons. The quantitative estimate of drug-likeness (QED) is 0.308. The molecule has 1 aromatic rings. The van der Waals surface area contributed by atoms with Gasteiger partial charge in [-0.2, -0.15) is 0 Å². The first-order valence-corrected chi connectivity index (χ1v) is 10.6. The number of aromatic nitrogens is 2. The fourth-order valence-electron chi connectivity index (χ4n) is 3.41. The summed E-state index contributed by atoms with van der Waals surface area (Å²) in [6.07, 6.45) is 2.61. The lowest BCUT2D eigenvalue weighted by Crippen LogP contribution is -2.33. The van der Waals surface area contributed by atoms with E-state index in [1.165, 1.54) is 15.4 Å². The van der Waals surface area contributed by atoms with Crippen molar-refractivity contribution in [2.24, 2.45) is 5.11 Å². The zero-order valence-corrected chi connectivity index (χ0v) is 16.3. The summed E-state index contributed by atoms with van der Waals surface area (Å²) in [4.78, 5) is 38.8. The first-order chi connectivity index (χ1) is 13.3. The van der Waals surface area contributed by atoms with Crippen molar-refractivity contribution in [3.8, 4) is 0 Å². The van der Waals surface area contributed by atoms with Crippen LogP contribution in [-0.4, -0.2) is 51.0 Å². The fraction of sp³-hybridized carbons (Fsp3) is 0.733. The molecule has 28 heavy (non-hydrogen) atoms. The predicted octanol–water partition coefficient (Wildman–Crippen LogP) is 1.41. The monoisotopic (exact) mass is 414 g/mol. The predicted molar refractivity (Wildman–Crippen MR) is 98.7 cm³/mol. The zero-order valence-electron chi connectivity index (χ0n) is 15.4. The second kappa shape index (κ2) is 8.60. The van der Waals surface area contributed by atoms with E-state index in [2.05, 4.69) is 15.0 Å².